The maximum Gasteiger partial charge on any atom is 0.573 e. The number of likely N-dealkylation sites (tertiary alicyclic amines) is 1. The smallest absolute Gasteiger partial charge is 0.444 e. The van der Waals surface area contributed by atoms with Crippen LogP contribution in [-0.4, -0.2) is 82.9 Å². The molecule has 0 radical (unpaired) electrons. The average Bonchev–Trinajstić information content (AvgIpc) is 2.93. The number of aliphatic hydroxyl groups is 1. The molecule has 7 nitrogen and oxygen atoms in total. The summed E-state index contributed by atoms with van der Waals surface area (Å²) in [6.07, 6.45) is -3.37. The Labute approximate surface area is 259 Å². The molecule has 0 saturated carbocycles. The molecule has 10 heteroatoms. The Morgan fingerprint density at radius 2 is 1.48 bits per heavy atom. The van der Waals surface area contributed by atoms with E-state index in [1.807, 2.05) is 51.1 Å². The van der Waals surface area contributed by atoms with Crippen molar-refractivity contribution in [2.75, 3.05) is 32.7 Å². The van der Waals surface area contributed by atoms with Gasteiger partial charge in [-0.05, 0) is 74.6 Å². The van der Waals surface area contributed by atoms with Gasteiger partial charge in [-0.2, -0.15) is 0 Å². The zero-order valence-corrected chi connectivity index (χ0v) is 26.8. The number of alkyl halides is 3. The number of rotatable bonds is 7. The number of benzene rings is 2. The molecule has 2 fully saturated rings. The number of piperazine rings is 1. The number of carbonyl (C=O) groups excluding carboxylic acids is 1. The van der Waals surface area contributed by atoms with E-state index in [0.717, 1.165) is 24.0 Å². The highest BCUT2D eigenvalue weighted by Gasteiger charge is 2.41. The summed E-state index contributed by atoms with van der Waals surface area (Å²) in [4.78, 5) is 18.8. The first-order valence-electron chi connectivity index (χ1n) is 15.6. The van der Waals surface area contributed by atoms with Gasteiger partial charge < -0.3 is 19.5 Å². The SMILES string of the molecule is CC(C)(C)OC(=O)N1CCC(CC(O)N2CCN(C(c3ccccc3)c3ccc(OC(F)(F)F)cc3)C[C@@H]2C(C)(C)C)CC1. The van der Waals surface area contributed by atoms with Crippen LogP contribution in [0.15, 0.2) is 54.6 Å². The average molecular weight is 620 g/mol. The van der Waals surface area contributed by atoms with Gasteiger partial charge in [-0.3, -0.25) is 9.80 Å². The number of hydrogen-bond acceptors (Lipinski definition) is 6. The first-order chi connectivity index (χ1) is 20.5. The summed E-state index contributed by atoms with van der Waals surface area (Å²) in [5, 5.41) is 11.6. The van der Waals surface area contributed by atoms with Crippen molar-refractivity contribution in [1.82, 2.24) is 14.7 Å². The fourth-order valence-corrected chi connectivity index (χ4v) is 6.39. The Bertz CT molecular complexity index is 1200. The van der Waals surface area contributed by atoms with Gasteiger partial charge in [0.05, 0.1) is 6.04 Å². The number of halogens is 3. The van der Waals surface area contributed by atoms with E-state index in [2.05, 4.69) is 35.3 Å². The van der Waals surface area contributed by atoms with E-state index in [0.29, 0.717) is 45.1 Å². The van der Waals surface area contributed by atoms with E-state index in [1.54, 1.807) is 17.0 Å². The zero-order valence-electron chi connectivity index (χ0n) is 26.8. The normalized spacial score (nSPS) is 21.1. The second-order valence-electron chi connectivity index (χ2n) is 14.2. The molecular weight excluding hydrogens is 571 g/mol. The van der Waals surface area contributed by atoms with Gasteiger partial charge in [0.2, 0.25) is 0 Å². The summed E-state index contributed by atoms with van der Waals surface area (Å²) < 4.78 is 48.0. The monoisotopic (exact) mass is 619 g/mol. The van der Waals surface area contributed by atoms with Crippen LogP contribution >= 0.6 is 0 Å². The van der Waals surface area contributed by atoms with Crippen molar-refractivity contribution in [2.45, 2.75) is 91.1 Å². The lowest BCUT2D eigenvalue weighted by Crippen LogP contribution is -2.61. The zero-order chi connectivity index (χ0) is 32.3. The maximum absolute atomic E-state index is 12.8. The molecule has 1 amide bonds. The molecule has 2 aliphatic rings. The molecule has 0 aliphatic carbocycles. The van der Waals surface area contributed by atoms with Crippen LogP contribution in [0.4, 0.5) is 18.0 Å². The third kappa shape index (κ3) is 9.34. The molecule has 2 aromatic rings. The molecule has 44 heavy (non-hydrogen) atoms. The molecule has 244 valence electrons. The molecule has 2 aromatic carbocycles. The number of piperidine rings is 1. The first-order valence-corrected chi connectivity index (χ1v) is 15.6. The molecule has 1 N–H and O–H groups in total. The molecular formula is C34H48F3N3O4. The summed E-state index contributed by atoms with van der Waals surface area (Å²) in [5.41, 5.74) is 1.25. The van der Waals surface area contributed by atoms with E-state index in [9.17, 15) is 23.1 Å². The van der Waals surface area contributed by atoms with E-state index >= 15 is 0 Å². The van der Waals surface area contributed by atoms with Crippen molar-refractivity contribution in [3.05, 3.63) is 65.7 Å². The van der Waals surface area contributed by atoms with Gasteiger partial charge in [-0.15, -0.1) is 13.2 Å². The molecule has 0 spiro atoms. The van der Waals surface area contributed by atoms with Gasteiger partial charge in [0.15, 0.2) is 0 Å². The van der Waals surface area contributed by atoms with E-state index in [1.165, 1.54) is 12.1 Å². The third-order valence-corrected chi connectivity index (χ3v) is 8.56. The molecule has 0 aromatic heterocycles. The fourth-order valence-electron chi connectivity index (χ4n) is 6.39. The van der Waals surface area contributed by atoms with Crippen molar-refractivity contribution in [2.24, 2.45) is 11.3 Å². The number of ether oxygens (including phenoxy) is 2. The Kier molecular flexibility index (Phi) is 10.6. The lowest BCUT2D eigenvalue weighted by Gasteiger charge is -2.51. The highest BCUT2D eigenvalue weighted by Crippen LogP contribution is 2.37. The van der Waals surface area contributed by atoms with Crippen molar-refractivity contribution in [3.63, 3.8) is 0 Å². The minimum atomic E-state index is -4.74. The van der Waals surface area contributed by atoms with Crippen LogP contribution in [-0.2, 0) is 4.74 Å². The predicted molar refractivity (Wildman–Crippen MR) is 164 cm³/mol. The van der Waals surface area contributed by atoms with Gasteiger partial charge in [0.25, 0.3) is 0 Å². The van der Waals surface area contributed by atoms with Crippen LogP contribution in [0.25, 0.3) is 0 Å². The topological polar surface area (TPSA) is 65.5 Å². The summed E-state index contributed by atoms with van der Waals surface area (Å²) in [6, 6.07) is 16.0. The second kappa shape index (κ2) is 13.7. The van der Waals surface area contributed by atoms with Gasteiger partial charge in [-0.1, -0.05) is 63.2 Å². The molecule has 0 bridgehead atoms. The number of nitrogens with zero attached hydrogens (tertiary/aromatic N) is 3. The van der Waals surface area contributed by atoms with Crippen molar-refractivity contribution < 1.29 is 32.5 Å². The Hall–Kier alpha value is -2.82. The van der Waals surface area contributed by atoms with E-state index < -0.39 is 18.2 Å². The Morgan fingerprint density at radius 3 is 2.02 bits per heavy atom. The highest BCUT2D eigenvalue weighted by molar-refractivity contribution is 5.68. The van der Waals surface area contributed by atoms with Gasteiger partial charge in [0.1, 0.15) is 17.6 Å². The summed E-state index contributed by atoms with van der Waals surface area (Å²) in [5.74, 6) is 0.0577. The molecule has 2 unspecified atom stereocenters. The molecule has 2 aliphatic heterocycles. The van der Waals surface area contributed by atoms with E-state index in [-0.39, 0.29) is 29.3 Å². The van der Waals surface area contributed by atoms with Gasteiger partial charge >= 0.3 is 12.5 Å². The van der Waals surface area contributed by atoms with Crippen LogP contribution in [0.2, 0.25) is 0 Å². The maximum atomic E-state index is 12.8. The summed E-state index contributed by atoms with van der Waals surface area (Å²) in [6.45, 7) is 15.4. The molecule has 4 rings (SSSR count). The third-order valence-electron chi connectivity index (χ3n) is 8.56. The van der Waals surface area contributed by atoms with Crippen LogP contribution in [0.1, 0.15) is 78.0 Å². The number of hydrogen-bond donors (Lipinski definition) is 1. The quantitative estimate of drug-likeness (QED) is 0.358. The molecule has 3 atom stereocenters. The minimum Gasteiger partial charge on any atom is -0.444 e. The van der Waals surface area contributed by atoms with Gasteiger partial charge in [0, 0.05) is 38.8 Å². The fraction of sp³-hybridized carbons (Fsp3) is 0.618. The Morgan fingerprint density at radius 1 is 0.886 bits per heavy atom. The number of amides is 1. The van der Waals surface area contributed by atoms with Crippen LogP contribution in [0.3, 0.4) is 0 Å². The molecule has 2 saturated heterocycles. The lowest BCUT2D eigenvalue weighted by molar-refractivity contribution is -0.274. The second-order valence-corrected chi connectivity index (χ2v) is 14.2. The number of aliphatic hydroxyl groups excluding tert-OH is 1. The van der Waals surface area contributed by atoms with E-state index in [4.69, 9.17) is 4.74 Å². The Balaban J connectivity index is 1.46. The van der Waals surface area contributed by atoms with Gasteiger partial charge in [-0.25, -0.2) is 4.79 Å². The van der Waals surface area contributed by atoms with Crippen LogP contribution < -0.4 is 4.74 Å². The molecule has 2 heterocycles. The van der Waals surface area contributed by atoms with Crippen molar-refractivity contribution >= 4 is 6.09 Å². The van der Waals surface area contributed by atoms with Crippen LogP contribution in [0.5, 0.6) is 5.75 Å². The van der Waals surface area contributed by atoms with Crippen LogP contribution in [0, 0.1) is 11.3 Å². The highest BCUT2D eigenvalue weighted by atomic mass is 19.4. The first kappa shape index (κ1) is 34.1. The number of carbonyl (C=O) groups is 1. The lowest BCUT2D eigenvalue weighted by atomic mass is 9.82. The van der Waals surface area contributed by atoms with Crippen molar-refractivity contribution in [1.29, 1.82) is 0 Å². The predicted octanol–water partition coefficient (Wildman–Crippen LogP) is 7.06. The standard InChI is InChI=1S/C34H48F3N3O4/c1-32(2,3)28-23-39(30(25-10-8-7-9-11-25)26-12-14-27(15-13-26)43-34(35,36)37)20-21-40(28)29(41)22-24-16-18-38(19-17-24)31(42)44-33(4,5)6/h7-15,24,28-30,41H,16-23H2,1-6H3/t28-,29?,30?/m1/s1. The van der Waals surface area contributed by atoms with Crippen molar-refractivity contribution in [3.8, 4) is 5.75 Å². The largest absolute Gasteiger partial charge is 0.573 e. The summed E-state index contributed by atoms with van der Waals surface area (Å²) >= 11 is 0. The minimum absolute atomic E-state index is 0.0344. The summed E-state index contributed by atoms with van der Waals surface area (Å²) in [7, 11) is 0.